The number of hydrogen-bond donors (Lipinski definition) is 1. The molecule has 27 heavy (non-hydrogen) atoms. The van der Waals surface area contributed by atoms with Gasteiger partial charge in [0.05, 0.1) is 18.2 Å². The van der Waals surface area contributed by atoms with Gasteiger partial charge >= 0.3 is 5.97 Å². The number of esters is 1. The van der Waals surface area contributed by atoms with Gasteiger partial charge in [0.25, 0.3) is 0 Å². The Kier molecular flexibility index (Phi) is 4.56. The molecule has 0 heterocycles. The first kappa shape index (κ1) is 17.5. The zero-order chi connectivity index (χ0) is 19.0. The molecule has 1 unspecified atom stereocenters. The zero-order valence-corrected chi connectivity index (χ0v) is 15.3. The van der Waals surface area contributed by atoms with Gasteiger partial charge in [0.2, 0.25) is 0 Å². The average molecular weight is 362 g/mol. The van der Waals surface area contributed by atoms with E-state index < -0.39 is 0 Å². The van der Waals surface area contributed by atoms with Crippen LogP contribution < -0.4 is 0 Å². The van der Waals surface area contributed by atoms with E-state index in [4.69, 9.17) is 4.74 Å². The lowest BCUT2D eigenvalue weighted by Gasteiger charge is -2.26. The van der Waals surface area contributed by atoms with Gasteiger partial charge in [-0.1, -0.05) is 35.9 Å². The summed E-state index contributed by atoms with van der Waals surface area (Å²) in [5, 5.41) is 10.1. The van der Waals surface area contributed by atoms with E-state index in [9.17, 15) is 14.7 Å². The maximum absolute atomic E-state index is 12.9. The van der Waals surface area contributed by atoms with Crippen molar-refractivity contribution in [2.45, 2.75) is 32.1 Å². The molecule has 0 spiro atoms. The summed E-state index contributed by atoms with van der Waals surface area (Å²) in [6, 6.07) is 11.0. The number of aryl methyl sites for hydroxylation is 1. The smallest absolute Gasteiger partial charge is 0.338 e. The summed E-state index contributed by atoms with van der Waals surface area (Å²) in [5.41, 5.74) is 5.36. The molecule has 1 atom stereocenters. The second-order valence-corrected chi connectivity index (χ2v) is 7.29. The molecule has 4 rings (SSSR count). The minimum absolute atomic E-state index is 0.0299. The second-order valence-electron chi connectivity index (χ2n) is 7.29. The Labute approximate surface area is 158 Å². The van der Waals surface area contributed by atoms with Crippen LogP contribution in [0, 0.1) is 5.92 Å². The molecule has 0 aliphatic heterocycles. The van der Waals surface area contributed by atoms with Crippen LogP contribution in [-0.2, 0) is 24.0 Å². The molecule has 0 amide bonds. The molecule has 0 aromatic heterocycles. The first-order chi connectivity index (χ1) is 13.1. The van der Waals surface area contributed by atoms with E-state index in [0.717, 1.165) is 36.0 Å². The number of Topliss-reactive ketones (excluding diaryl/α,β-unsaturated/α-hetero) is 1. The summed E-state index contributed by atoms with van der Waals surface area (Å²) in [5.74, 6) is -0.329. The van der Waals surface area contributed by atoms with Crippen molar-refractivity contribution in [2.75, 3.05) is 7.11 Å². The fourth-order valence-electron chi connectivity index (χ4n) is 4.30. The number of fused-ring (bicyclic) bond motifs is 2. The Bertz CT molecular complexity index is 955. The van der Waals surface area contributed by atoms with Gasteiger partial charge in [-0.25, -0.2) is 4.79 Å². The molecule has 0 saturated carbocycles. The number of allylic oxidation sites excluding steroid dienone is 2. The molecule has 0 fully saturated rings. The van der Waals surface area contributed by atoms with E-state index in [2.05, 4.69) is 6.08 Å². The van der Waals surface area contributed by atoms with Crippen LogP contribution in [0.5, 0.6) is 5.75 Å². The number of benzene rings is 2. The molecule has 2 aromatic carbocycles. The number of carbonyl (C=O) groups excluding carboxylic acids is 2. The van der Waals surface area contributed by atoms with Gasteiger partial charge in [0.1, 0.15) is 5.75 Å². The first-order valence-electron chi connectivity index (χ1n) is 9.30. The predicted octanol–water partition coefficient (Wildman–Crippen LogP) is 4.04. The third kappa shape index (κ3) is 3.16. The summed E-state index contributed by atoms with van der Waals surface area (Å²) < 4.78 is 4.92. The number of ether oxygens (including phenoxy) is 1. The van der Waals surface area contributed by atoms with Crippen molar-refractivity contribution in [1.82, 2.24) is 0 Å². The van der Waals surface area contributed by atoms with Gasteiger partial charge in [0, 0.05) is 5.92 Å². The number of phenols is 1. The lowest BCUT2D eigenvalue weighted by Crippen LogP contribution is -2.24. The van der Waals surface area contributed by atoms with Crippen molar-refractivity contribution in [2.24, 2.45) is 5.92 Å². The number of methoxy groups -OCH3 is 1. The predicted molar refractivity (Wildman–Crippen MR) is 102 cm³/mol. The van der Waals surface area contributed by atoms with Crippen LogP contribution in [0.1, 0.15) is 50.2 Å². The number of aromatic hydroxyl groups is 1. The molecule has 2 aliphatic rings. The molecule has 2 aromatic rings. The maximum Gasteiger partial charge on any atom is 0.338 e. The van der Waals surface area contributed by atoms with Gasteiger partial charge in [-0.05, 0) is 60.9 Å². The maximum atomic E-state index is 12.9. The number of phenolic OH excluding ortho intramolecular Hbond substituents is 1. The van der Waals surface area contributed by atoms with E-state index in [1.165, 1.54) is 12.7 Å². The molecular formula is C23H22O4. The van der Waals surface area contributed by atoms with Gasteiger partial charge in [-0.3, -0.25) is 4.79 Å². The highest BCUT2D eigenvalue weighted by Gasteiger charge is 2.31. The van der Waals surface area contributed by atoms with Crippen molar-refractivity contribution >= 4 is 11.8 Å². The molecule has 4 heteroatoms. The van der Waals surface area contributed by atoms with Gasteiger partial charge in [-0.2, -0.15) is 0 Å². The molecule has 0 radical (unpaired) electrons. The van der Waals surface area contributed by atoms with Gasteiger partial charge < -0.3 is 9.84 Å². The van der Waals surface area contributed by atoms with Crippen LogP contribution in [0.25, 0.3) is 0 Å². The fraction of sp³-hybridized carbons (Fsp3) is 0.304. The molecule has 1 N–H and O–H groups in total. The second kappa shape index (κ2) is 7.03. The Hall–Kier alpha value is -2.88. The number of ketones is 1. The van der Waals surface area contributed by atoms with Crippen molar-refractivity contribution < 1.29 is 19.4 Å². The number of hydrogen-bond acceptors (Lipinski definition) is 4. The van der Waals surface area contributed by atoms with E-state index in [1.807, 2.05) is 18.2 Å². The zero-order valence-electron chi connectivity index (χ0n) is 15.3. The van der Waals surface area contributed by atoms with Crippen LogP contribution in [0.4, 0.5) is 0 Å². The lowest BCUT2D eigenvalue weighted by molar-refractivity contribution is 0.0599. The van der Waals surface area contributed by atoms with Crippen LogP contribution in [0.3, 0.4) is 0 Å². The lowest BCUT2D eigenvalue weighted by atomic mass is 9.77. The van der Waals surface area contributed by atoms with Crippen LogP contribution in [0.2, 0.25) is 0 Å². The van der Waals surface area contributed by atoms with E-state index in [-0.39, 0.29) is 23.4 Å². The number of carbonyl (C=O) groups is 2. The third-order valence-corrected chi connectivity index (χ3v) is 5.71. The SMILES string of the molecule is COC(=O)c1cccc2c1CC(CC1CCc3cccc(O)c3C1=O)=CC2. The Morgan fingerprint density at radius 3 is 2.78 bits per heavy atom. The average Bonchev–Trinajstić information content (AvgIpc) is 2.69. The fourth-order valence-corrected chi connectivity index (χ4v) is 4.30. The molecule has 138 valence electrons. The van der Waals surface area contributed by atoms with Crippen molar-refractivity contribution in [3.8, 4) is 5.75 Å². The Morgan fingerprint density at radius 1 is 1.19 bits per heavy atom. The van der Waals surface area contributed by atoms with Crippen LogP contribution in [0.15, 0.2) is 48.0 Å². The molecule has 0 bridgehead atoms. The van der Waals surface area contributed by atoms with Crippen molar-refractivity contribution in [3.05, 3.63) is 75.9 Å². The summed E-state index contributed by atoms with van der Waals surface area (Å²) in [7, 11) is 1.39. The topological polar surface area (TPSA) is 63.6 Å². The van der Waals surface area contributed by atoms with Crippen molar-refractivity contribution in [1.29, 1.82) is 0 Å². The third-order valence-electron chi connectivity index (χ3n) is 5.71. The summed E-state index contributed by atoms with van der Waals surface area (Å²) in [6.45, 7) is 0. The van der Waals surface area contributed by atoms with Gasteiger partial charge in [-0.15, -0.1) is 0 Å². The van der Waals surface area contributed by atoms with E-state index >= 15 is 0 Å². The highest BCUT2D eigenvalue weighted by Crippen LogP contribution is 2.36. The highest BCUT2D eigenvalue weighted by atomic mass is 16.5. The molecule has 2 aliphatic carbocycles. The largest absolute Gasteiger partial charge is 0.507 e. The Morgan fingerprint density at radius 2 is 1.96 bits per heavy atom. The van der Waals surface area contributed by atoms with Crippen LogP contribution in [-0.4, -0.2) is 24.0 Å². The monoisotopic (exact) mass is 362 g/mol. The van der Waals surface area contributed by atoms with E-state index in [0.29, 0.717) is 24.0 Å². The molecule has 4 nitrogen and oxygen atoms in total. The van der Waals surface area contributed by atoms with Gasteiger partial charge in [0.15, 0.2) is 5.78 Å². The summed E-state index contributed by atoms with van der Waals surface area (Å²) in [4.78, 5) is 25.0. The van der Waals surface area contributed by atoms with Crippen LogP contribution >= 0.6 is 0 Å². The minimum Gasteiger partial charge on any atom is -0.507 e. The van der Waals surface area contributed by atoms with E-state index in [1.54, 1.807) is 18.2 Å². The molecular weight excluding hydrogens is 340 g/mol. The normalized spacial score (nSPS) is 18.3. The number of rotatable bonds is 3. The standard InChI is InChI=1S/C23H22O4/c1-27-23(26)18-6-2-4-15-9-8-14(13-19(15)18)12-17-11-10-16-5-3-7-20(24)21(16)22(17)25/h2-8,17,24H,9-13H2,1H3. The summed E-state index contributed by atoms with van der Waals surface area (Å²) in [6.07, 6.45) is 5.87. The first-order valence-corrected chi connectivity index (χ1v) is 9.30. The summed E-state index contributed by atoms with van der Waals surface area (Å²) >= 11 is 0. The molecule has 0 saturated heterocycles. The van der Waals surface area contributed by atoms with Crippen molar-refractivity contribution in [3.63, 3.8) is 0 Å². The quantitative estimate of drug-likeness (QED) is 0.661. The Balaban J connectivity index is 1.56. The highest BCUT2D eigenvalue weighted by molar-refractivity contribution is 6.02. The minimum atomic E-state index is -0.319.